The molecule has 0 aromatic heterocycles. The van der Waals surface area contributed by atoms with E-state index < -0.39 is 52.3 Å². The third-order valence-corrected chi connectivity index (χ3v) is 7.82. The number of carbonyl (C=O) groups is 2. The fraction of sp³-hybridized carbons (Fsp3) is 0.900. The van der Waals surface area contributed by atoms with Gasteiger partial charge in [-0.2, -0.15) is 26.0 Å². The number of hydrogen-bond acceptors (Lipinski definition) is 6. The summed E-state index contributed by atoms with van der Waals surface area (Å²) in [5.74, 6) is -7.04. The summed E-state index contributed by atoms with van der Waals surface area (Å²) < 4.78 is 94.3. The molecule has 3 aliphatic carbocycles. The van der Waals surface area contributed by atoms with Crippen molar-refractivity contribution in [2.75, 3.05) is 0 Å². The Bertz CT molecular complexity index is 811. The Morgan fingerprint density at radius 3 is 2.22 bits per heavy atom. The number of alkyl halides is 4. The van der Waals surface area contributed by atoms with Crippen LogP contribution < -0.4 is 0 Å². The first kappa shape index (κ1) is 25.2. The first-order chi connectivity index (χ1) is 14.8. The van der Waals surface area contributed by atoms with E-state index in [9.17, 15) is 35.6 Å². The highest BCUT2D eigenvalue weighted by atomic mass is 32.2. The number of fused-ring (bicyclic) bond motifs is 2. The van der Waals surface area contributed by atoms with Crippen molar-refractivity contribution in [3.05, 3.63) is 0 Å². The minimum atomic E-state index is -6.35. The van der Waals surface area contributed by atoms with Crippen LogP contribution in [0.4, 0.5) is 17.6 Å². The average Bonchev–Trinajstić information content (AvgIpc) is 2.89. The lowest BCUT2D eigenvalue weighted by atomic mass is 9.85. The van der Waals surface area contributed by atoms with E-state index in [2.05, 4.69) is 0 Å². The molecule has 4 unspecified atom stereocenters. The molecule has 0 aliphatic heterocycles. The molecule has 0 aromatic carbocycles. The lowest BCUT2D eigenvalue weighted by Gasteiger charge is -2.32. The number of ether oxygens (including phenoxy) is 2. The largest absolute Gasteiger partial charge is 0.462 e. The van der Waals surface area contributed by atoms with Crippen LogP contribution >= 0.6 is 0 Å². The Balaban J connectivity index is 1.56. The van der Waals surface area contributed by atoms with Gasteiger partial charge in [-0.15, -0.1) is 0 Å². The molecular formula is C20H28F4O7S. The molecule has 3 rings (SSSR count). The van der Waals surface area contributed by atoms with E-state index in [1.165, 1.54) is 0 Å². The molecular weight excluding hydrogens is 460 g/mol. The van der Waals surface area contributed by atoms with Gasteiger partial charge in [0.15, 0.2) is 0 Å². The monoisotopic (exact) mass is 488 g/mol. The molecule has 0 amide bonds. The molecule has 0 radical (unpaired) electrons. The Morgan fingerprint density at radius 1 is 0.938 bits per heavy atom. The normalized spacial score (nSPS) is 29.5. The Hall–Kier alpha value is -1.43. The summed E-state index contributed by atoms with van der Waals surface area (Å²) in [6.45, 7) is 0. The van der Waals surface area contributed by atoms with Gasteiger partial charge in [0, 0.05) is 12.3 Å². The highest BCUT2D eigenvalue weighted by Gasteiger charge is 2.65. The van der Waals surface area contributed by atoms with Crippen LogP contribution in [0.2, 0.25) is 0 Å². The topological polar surface area (TPSA) is 107 Å². The smallest absolute Gasteiger partial charge is 0.431 e. The second-order valence-corrected chi connectivity index (χ2v) is 10.5. The summed E-state index contributed by atoms with van der Waals surface area (Å²) in [6, 6.07) is 0. The lowest BCUT2D eigenvalue weighted by Crippen LogP contribution is -2.47. The van der Waals surface area contributed by atoms with Crippen LogP contribution in [-0.4, -0.2) is 48.3 Å². The van der Waals surface area contributed by atoms with E-state index in [1.807, 2.05) is 0 Å². The van der Waals surface area contributed by atoms with Crippen LogP contribution in [0.15, 0.2) is 0 Å². The minimum Gasteiger partial charge on any atom is -0.462 e. The molecule has 3 saturated carbocycles. The predicted octanol–water partition coefficient (Wildman–Crippen LogP) is 4.11. The van der Waals surface area contributed by atoms with Crippen LogP contribution in [0.25, 0.3) is 0 Å². The fourth-order valence-electron chi connectivity index (χ4n) is 5.13. The molecule has 0 saturated heterocycles. The first-order valence-electron chi connectivity index (χ1n) is 11.0. The summed E-state index contributed by atoms with van der Waals surface area (Å²) in [4.78, 5) is 24.6. The van der Waals surface area contributed by atoms with Crippen LogP contribution in [0.5, 0.6) is 0 Å². The van der Waals surface area contributed by atoms with Crippen molar-refractivity contribution in [1.82, 2.24) is 0 Å². The van der Waals surface area contributed by atoms with Gasteiger partial charge in [-0.1, -0.05) is 25.7 Å². The number of hydrogen-bond donors (Lipinski definition) is 1. The van der Waals surface area contributed by atoms with E-state index in [-0.39, 0.29) is 23.7 Å². The van der Waals surface area contributed by atoms with Gasteiger partial charge in [-0.3, -0.25) is 14.1 Å². The molecule has 0 heterocycles. The lowest BCUT2D eigenvalue weighted by molar-refractivity contribution is -0.174. The molecule has 12 heteroatoms. The van der Waals surface area contributed by atoms with Crippen molar-refractivity contribution in [2.24, 2.45) is 17.8 Å². The van der Waals surface area contributed by atoms with Crippen LogP contribution in [-0.2, 0) is 29.2 Å². The maximum Gasteiger partial charge on any atom is 0.431 e. The van der Waals surface area contributed by atoms with E-state index >= 15 is 0 Å². The molecule has 0 aromatic rings. The minimum absolute atomic E-state index is 0.0237. The molecule has 184 valence electrons. The maximum atomic E-state index is 13.6. The molecule has 0 spiro atoms. The van der Waals surface area contributed by atoms with Crippen LogP contribution in [0.3, 0.4) is 0 Å². The van der Waals surface area contributed by atoms with Crippen molar-refractivity contribution in [1.29, 1.82) is 0 Å². The number of halogens is 4. The summed E-state index contributed by atoms with van der Waals surface area (Å²) in [7, 11) is -6.35. The summed E-state index contributed by atoms with van der Waals surface area (Å²) in [5.41, 5.74) is 0. The quantitative estimate of drug-likeness (QED) is 0.311. The highest BCUT2D eigenvalue weighted by Crippen LogP contribution is 2.47. The first-order valence-corrected chi connectivity index (χ1v) is 12.4. The van der Waals surface area contributed by atoms with Gasteiger partial charge in [-0.25, -0.2) is 0 Å². The summed E-state index contributed by atoms with van der Waals surface area (Å²) in [5, 5.41) is -5.72. The van der Waals surface area contributed by atoms with E-state index in [1.54, 1.807) is 0 Å². The summed E-state index contributed by atoms with van der Waals surface area (Å²) in [6.07, 6.45) is 3.12. The zero-order valence-corrected chi connectivity index (χ0v) is 18.3. The van der Waals surface area contributed by atoms with Gasteiger partial charge in [0.25, 0.3) is 0 Å². The van der Waals surface area contributed by atoms with Crippen molar-refractivity contribution >= 4 is 22.1 Å². The van der Waals surface area contributed by atoms with Crippen LogP contribution in [0, 0.1) is 17.8 Å². The predicted molar refractivity (Wildman–Crippen MR) is 102 cm³/mol. The maximum absolute atomic E-state index is 13.6. The molecule has 2 bridgehead atoms. The third-order valence-electron chi connectivity index (χ3n) is 6.88. The van der Waals surface area contributed by atoms with Gasteiger partial charge < -0.3 is 9.47 Å². The van der Waals surface area contributed by atoms with E-state index in [0.29, 0.717) is 12.8 Å². The third kappa shape index (κ3) is 5.21. The Morgan fingerprint density at radius 2 is 1.59 bits per heavy atom. The number of carbonyl (C=O) groups excluding carboxylic acids is 2. The fourth-order valence-corrected chi connectivity index (χ4v) is 5.60. The van der Waals surface area contributed by atoms with E-state index in [0.717, 1.165) is 44.9 Å². The van der Waals surface area contributed by atoms with Gasteiger partial charge in [0.1, 0.15) is 12.2 Å². The number of rotatable bonds is 8. The number of esters is 2. The average molecular weight is 488 g/mol. The van der Waals surface area contributed by atoms with Gasteiger partial charge in [0.2, 0.25) is 0 Å². The van der Waals surface area contributed by atoms with Gasteiger partial charge >= 0.3 is 33.2 Å². The zero-order valence-electron chi connectivity index (χ0n) is 17.5. The highest BCUT2D eigenvalue weighted by molar-refractivity contribution is 7.87. The van der Waals surface area contributed by atoms with Gasteiger partial charge in [0.05, 0.1) is 12.3 Å². The van der Waals surface area contributed by atoms with Crippen molar-refractivity contribution < 1.29 is 49.6 Å². The molecule has 7 nitrogen and oxygen atoms in total. The van der Waals surface area contributed by atoms with Crippen LogP contribution in [0.1, 0.15) is 70.6 Å². The molecule has 3 aliphatic rings. The Labute approximate surface area is 183 Å². The summed E-state index contributed by atoms with van der Waals surface area (Å²) >= 11 is 0. The van der Waals surface area contributed by atoms with Crippen molar-refractivity contribution in [2.45, 2.75) is 94.0 Å². The van der Waals surface area contributed by atoms with Crippen molar-refractivity contribution in [3.8, 4) is 0 Å². The second kappa shape index (κ2) is 9.44. The molecule has 3 fully saturated rings. The molecule has 4 atom stereocenters. The standard InChI is InChI=1S/C20H28F4O7S/c21-19(22,20(23,24)32(27,28)29)10-9-16(25)30-15-11-13-7-4-8-14(15)17(13)31-18(26)12-5-2-1-3-6-12/h12-15,17H,1-11H2,(H,27,28,29). The van der Waals surface area contributed by atoms with Gasteiger partial charge in [-0.05, 0) is 38.0 Å². The SMILES string of the molecule is O=C(CCC(F)(F)C(F)(F)S(=O)(=O)O)OC1CC2CCCC1C2OC(=O)C1CCCCC1. The van der Waals surface area contributed by atoms with Crippen molar-refractivity contribution in [3.63, 3.8) is 0 Å². The zero-order chi connectivity index (χ0) is 23.7. The Kier molecular flexibility index (Phi) is 7.43. The molecule has 32 heavy (non-hydrogen) atoms. The molecule has 1 N–H and O–H groups in total. The second-order valence-electron chi connectivity index (χ2n) is 9.05. The van der Waals surface area contributed by atoms with E-state index in [4.69, 9.17) is 14.0 Å².